The number of carboxylic acids is 2. The van der Waals surface area contributed by atoms with Crippen LogP contribution in [0.5, 0.6) is 0 Å². The first kappa shape index (κ1) is 18.1. The van der Waals surface area contributed by atoms with Gasteiger partial charge in [0, 0.05) is 27.8 Å². The first-order chi connectivity index (χ1) is 8.32. The number of aliphatic carboxylic acids is 2. The summed E-state index contributed by atoms with van der Waals surface area (Å²) in [6.45, 7) is 13.1. The highest BCUT2D eigenvalue weighted by Gasteiger charge is 2.31. The van der Waals surface area contributed by atoms with Gasteiger partial charge in [-0.25, -0.2) is 9.59 Å². The van der Waals surface area contributed by atoms with Crippen molar-refractivity contribution in [3.63, 3.8) is 0 Å². The van der Waals surface area contributed by atoms with Crippen LogP contribution in [-0.4, -0.2) is 38.3 Å². The van der Waals surface area contributed by atoms with Crippen molar-refractivity contribution < 1.29 is 19.8 Å². The largest absolute Gasteiger partial charge is 0.478 e. The molecule has 0 aromatic carbocycles. The van der Waals surface area contributed by atoms with Gasteiger partial charge in [-0.3, -0.25) is 0 Å². The predicted octanol–water partition coefficient (Wildman–Crippen LogP) is 3.37. The van der Waals surface area contributed by atoms with E-state index in [1.165, 1.54) is 0 Å². The molecule has 0 fully saturated rings. The van der Waals surface area contributed by atoms with Gasteiger partial charge in [-0.2, -0.15) is 0 Å². The van der Waals surface area contributed by atoms with Crippen LogP contribution in [0.4, 0.5) is 0 Å². The Kier molecular flexibility index (Phi) is 6.21. The third-order valence-corrected chi connectivity index (χ3v) is 6.12. The lowest BCUT2D eigenvalue weighted by Gasteiger charge is -2.29. The average molecular weight is 303 g/mol. The molecule has 0 aliphatic heterocycles. The molecule has 4 nitrogen and oxygen atoms in total. The van der Waals surface area contributed by atoms with Crippen molar-refractivity contribution >= 4 is 28.1 Å². The van der Waals surface area contributed by atoms with E-state index in [2.05, 4.69) is 39.3 Å². The summed E-state index contributed by atoms with van der Waals surface area (Å²) in [7, 11) is -2.91. The summed E-state index contributed by atoms with van der Waals surface area (Å²) in [5.41, 5.74) is 0.0670. The standard InChI is InChI=1S/C13H26O4Si2/c1-18(2,3)8-10(9-19(4,5)6)11(13(16)17)7-12(14)15/h7,10H,8-9H2,1-6H3,(H,14,15)(H,16,17)/b11-7-. The van der Waals surface area contributed by atoms with Gasteiger partial charge >= 0.3 is 11.9 Å². The molecule has 110 valence electrons. The third-order valence-electron chi connectivity index (χ3n) is 2.68. The molecule has 0 aromatic heterocycles. The highest BCUT2D eigenvalue weighted by Crippen LogP contribution is 2.31. The van der Waals surface area contributed by atoms with Gasteiger partial charge in [-0.15, -0.1) is 0 Å². The Morgan fingerprint density at radius 2 is 1.32 bits per heavy atom. The third kappa shape index (κ3) is 8.77. The Morgan fingerprint density at radius 3 is 1.53 bits per heavy atom. The molecular weight excluding hydrogens is 276 g/mol. The molecule has 0 aromatic rings. The number of rotatable bonds is 7. The zero-order chi connectivity index (χ0) is 15.4. The van der Waals surface area contributed by atoms with Crippen LogP contribution in [0.2, 0.25) is 51.4 Å². The second kappa shape index (κ2) is 6.52. The first-order valence-corrected chi connectivity index (χ1v) is 13.9. The second-order valence-electron chi connectivity index (χ2n) is 7.47. The molecule has 0 atom stereocenters. The van der Waals surface area contributed by atoms with Gasteiger partial charge in [-0.05, 0) is 5.92 Å². The van der Waals surface area contributed by atoms with E-state index in [4.69, 9.17) is 5.11 Å². The molecule has 0 radical (unpaired) electrons. The number of carbonyl (C=O) groups is 2. The molecule has 0 unspecified atom stereocenters. The average Bonchev–Trinajstić information content (AvgIpc) is 2.07. The quantitative estimate of drug-likeness (QED) is 0.558. The molecule has 0 spiro atoms. The van der Waals surface area contributed by atoms with Gasteiger partial charge in [0.2, 0.25) is 0 Å². The maximum atomic E-state index is 11.3. The van der Waals surface area contributed by atoms with E-state index in [-0.39, 0.29) is 11.5 Å². The van der Waals surface area contributed by atoms with Gasteiger partial charge in [-0.1, -0.05) is 51.4 Å². The van der Waals surface area contributed by atoms with E-state index in [1.807, 2.05) is 0 Å². The van der Waals surface area contributed by atoms with Crippen LogP contribution in [0, 0.1) is 5.92 Å². The van der Waals surface area contributed by atoms with E-state index in [0.717, 1.165) is 18.2 Å². The van der Waals surface area contributed by atoms with Crippen LogP contribution in [0.25, 0.3) is 0 Å². The van der Waals surface area contributed by atoms with Crippen molar-refractivity contribution in [3.8, 4) is 0 Å². The van der Waals surface area contributed by atoms with Gasteiger partial charge in [0.1, 0.15) is 0 Å². The molecule has 0 aliphatic rings. The van der Waals surface area contributed by atoms with Gasteiger partial charge in [0.25, 0.3) is 0 Å². The monoisotopic (exact) mass is 302 g/mol. The maximum Gasteiger partial charge on any atom is 0.332 e. The highest BCUT2D eigenvalue weighted by atomic mass is 28.3. The molecule has 0 heterocycles. The van der Waals surface area contributed by atoms with Gasteiger partial charge < -0.3 is 10.2 Å². The Labute approximate surface area is 117 Å². The van der Waals surface area contributed by atoms with Gasteiger partial charge in [0.15, 0.2) is 0 Å². The molecule has 0 aliphatic carbocycles. The van der Waals surface area contributed by atoms with Crippen LogP contribution >= 0.6 is 0 Å². The zero-order valence-electron chi connectivity index (χ0n) is 12.8. The van der Waals surface area contributed by atoms with Crippen LogP contribution in [0.1, 0.15) is 0 Å². The highest BCUT2D eigenvalue weighted by molar-refractivity contribution is 6.77. The minimum atomic E-state index is -1.45. The molecule has 0 bridgehead atoms. The summed E-state index contributed by atoms with van der Waals surface area (Å²) in [5.74, 6) is -2.40. The van der Waals surface area contributed by atoms with Crippen molar-refractivity contribution in [3.05, 3.63) is 11.6 Å². The normalized spacial score (nSPS) is 13.7. The lowest BCUT2D eigenvalue weighted by Crippen LogP contribution is -2.32. The van der Waals surface area contributed by atoms with Crippen LogP contribution in [0.15, 0.2) is 11.6 Å². The lowest BCUT2D eigenvalue weighted by atomic mass is 10.0. The predicted molar refractivity (Wildman–Crippen MR) is 83.2 cm³/mol. The van der Waals surface area contributed by atoms with Crippen molar-refractivity contribution in [2.24, 2.45) is 5.92 Å². The van der Waals surface area contributed by atoms with Crippen molar-refractivity contribution in [1.29, 1.82) is 0 Å². The summed E-state index contributed by atoms with van der Waals surface area (Å²) < 4.78 is 0. The van der Waals surface area contributed by atoms with Crippen molar-refractivity contribution in [1.82, 2.24) is 0 Å². The molecule has 0 amide bonds. The van der Waals surface area contributed by atoms with Crippen LogP contribution in [-0.2, 0) is 9.59 Å². The van der Waals surface area contributed by atoms with E-state index in [0.29, 0.717) is 0 Å². The summed E-state index contributed by atoms with van der Waals surface area (Å²) in [4.78, 5) is 22.2. The summed E-state index contributed by atoms with van der Waals surface area (Å²) in [6.07, 6.45) is 0.882. The van der Waals surface area contributed by atoms with Crippen LogP contribution < -0.4 is 0 Å². The Bertz CT molecular complexity index is 359. The number of hydrogen-bond donors (Lipinski definition) is 2. The Hall–Kier alpha value is -0.886. The number of carboxylic acid groups (broad SMARTS) is 2. The fraction of sp³-hybridized carbons (Fsp3) is 0.692. The van der Waals surface area contributed by atoms with Crippen molar-refractivity contribution in [2.45, 2.75) is 51.4 Å². The van der Waals surface area contributed by atoms with Gasteiger partial charge in [0.05, 0.1) is 0 Å². The minimum absolute atomic E-state index is 0.0670. The molecular formula is C13H26O4Si2. The fourth-order valence-corrected chi connectivity index (χ4v) is 6.23. The molecule has 0 rings (SSSR count). The topological polar surface area (TPSA) is 74.6 Å². The SMILES string of the molecule is C[Si](C)(C)CC(C[Si](C)(C)C)/C(=C/C(=O)O)C(=O)O. The Morgan fingerprint density at radius 1 is 0.947 bits per heavy atom. The summed E-state index contributed by atoms with van der Waals surface area (Å²) in [6, 6.07) is 1.64. The minimum Gasteiger partial charge on any atom is -0.478 e. The van der Waals surface area contributed by atoms with Crippen LogP contribution in [0.3, 0.4) is 0 Å². The molecule has 2 N–H and O–H groups in total. The zero-order valence-corrected chi connectivity index (χ0v) is 14.8. The molecule has 6 heteroatoms. The maximum absolute atomic E-state index is 11.3. The number of hydrogen-bond acceptors (Lipinski definition) is 2. The van der Waals surface area contributed by atoms with E-state index in [9.17, 15) is 14.7 Å². The van der Waals surface area contributed by atoms with E-state index < -0.39 is 28.1 Å². The summed E-state index contributed by atoms with van der Waals surface area (Å²) >= 11 is 0. The lowest BCUT2D eigenvalue weighted by molar-refractivity contribution is -0.135. The molecule has 0 saturated carbocycles. The summed E-state index contributed by atoms with van der Waals surface area (Å²) in [5, 5.41) is 18.1. The first-order valence-electron chi connectivity index (χ1n) is 6.50. The fourth-order valence-electron chi connectivity index (χ4n) is 2.26. The Balaban J connectivity index is 5.41. The molecule has 19 heavy (non-hydrogen) atoms. The van der Waals surface area contributed by atoms with E-state index in [1.54, 1.807) is 0 Å². The smallest absolute Gasteiger partial charge is 0.332 e. The molecule has 0 saturated heterocycles. The second-order valence-corrected chi connectivity index (χ2v) is 18.5. The van der Waals surface area contributed by atoms with E-state index >= 15 is 0 Å². The van der Waals surface area contributed by atoms with Crippen molar-refractivity contribution in [2.75, 3.05) is 0 Å².